The lowest BCUT2D eigenvalue weighted by Crippen LogP contribution is -2.54. The van der Waals surface area contributed by atoms with Gasteiger partial charge in [-0.15, -0.1) is 0 Å². The Hall–Kier alpha value is -3.35. The van der Waals surface area contributed by atoms with E-state index in [2.05, 4.69) is 5.32 Å². The number of carbonyl (C=O) groups is 3. The van der Waals surface area contributed by atoms with E-state index in [0.717, 1.165) is 25.8 Å². The molecule has 0 bridgehead atoms. The molecule has 7 heteroatoms. The van der Waals surface area contributed by atoms with Crippen LogP contribution < -0.4 is 10.2 Å². The molecule has 0 aromatic heterocycles. The molecule has 160 valence electrons. The second-order valence-electron chi connectivity index (χ2n) is 7.43. The summed E-state index contributed by atoms with van der Waals surface area (Å²) in [5.41, 5.74) is 2.84. The summed E-state index contributed by atoms with van der Waals surface area (Å²) in [6, 6.07) is 19.7. The minimum Gasteiger partial charge on any atom is -0.273 e. The number of aryl methyl sites for hydroxylation is 2. The fourth-order valence-corrected chi connectivity index (χ4v) is 4.35. The quantitative estimate of drug-likeness (QED) is 0.394. The molecule has 0 saturated carbocycles. The van der Waals surface area contributed by atoms with Crippen LogP contribution in [-0.4, -0.2) is 17.8 Å². The van der Waals surface area contributed by atoms with Crippen molar-refractivity contribution in [2.75, 3.05) is 4.90 Å². The van der Waals surface area contributed by atoms with Crippen LogP contribution in [0, 0.1) is 13.8 Å². The summed E-state index contributed by atoms with van der Waals surface area (Å²) in [7, 11) is 0. The van der Waals surface area contributed by atoms with E-state index in [1.54, 1.807) is 23.9 Å². The molecule has 0 unspecified atom stereocenters. The Morgan fingerprint density at radius 3 is 2.00 bits per heavy atom. The van der Waals surface area contributed by atoms with Crippen molar-refractivity contribution in [2.24, 2.45) is 0 Å². The number of anilines is 1. The first-order valence-electron chi connectivity index (χ1n) is 9.83. The van der Waals surface area contributed by atoms with Gasteiger partial charge in [-0.05, 0) is 85.1 Å². The van der Waals surface area contributed by atoms with E-state index in [4.69, 9.17) is 11.6 Å². The van der Waals surface area contributed by atoms with E-state index in [-0.39, 0.29) is 5.57 Å². The fraction of sp³-hybridized carbons (Fsp3) is 0.0800. The van der Waals surface area contributed by atoms with Gasteiger partial charge in [-0.2, -0.15) is 0 Å². The van der Waals surface area contributed by atoms with E-state index in [9.17, 15) is 14.4 Å². The number of nitrogens with zero attached hydrogens (tertiary/aromatic N) is 1. The molecule has 4 rings (SSSR count). The second-order valence-corrected chi connectivity index (χ2v) is 9.01. The van der Waals surface area contributed by atoms with Crippen LogP contribution in [0.4, 0.5) is 10.5 Å². The van der Waals surface area contributed by atoms with Crippen molar-refractivity contribution < 1.29 is 14.4 Å². The van der Waals surface area contributed by atoms with Crippen LogP contribution in [0.3, 0.4) is 0 Å². The van der Waals surface area contributed by atoms with Gasteiger partial charge in [0.25, 0.3) is 11.8 Å². The number of carbonyl (C=O) groups excluding carboxylic acids is 3. The van der Waals surface area contributed by atoms with Gasteiger partial charge in [-0.25, -0.2) is 9.69 Å². The normalized spacial score (nSPS) is 15.3. The lowest BCUT2D eigenvalue weighted by atomic mass is 10.1. The zero-order valence-corrected chi connectivity index (χ0v) is 19.0. The Morgan fingerprint density at radius 2 is 1.41 bits per heavy atom. The Balaban J connectivity index is 1.59. The van der Waals surface area contributed by atoms with Gasteiger partial charge >= 0.3 is 6.03 Å². The predicted molar refractivity (Wildman–Crippen MR) is 127 cm³/mol. The topological polar surface area (TPSA) is 66.5 Å². The van der Waals surface area contributed by atoms with Crippen molar-refractivity contribution in [3.05, 3.63) is 94.0 Å². The molecular formula is C25H19ClN2O3S. The fourth-order valence-electron chi connectivity index (χ4n) is 3.41. The molecule has 1 saturated heterocycles. The molecule has 32 heavy (non-hydrogen) atoms. The van der Waals surface area contributed by atoms with Crippen LogP contribution in [0.25, 0.3) is 6.08 Å². The molecule has 3 aromatic carbocycles. The number of amides is 4. The van der Waals surface area contributed by atoms with Crippen molar-refractivity contribution in [3.8, 4) is 0 Å². The Morgan fingerprint density at radius 1 is 0.844 bits per heavy atom. The summed E-state index contributed by atoms with van der Waals surface area (Å²) in [4.78, 5) is 40.9. The lowest BCUT2D eigenvalue weighted by molar-refractivity contribution is -0.122. The largest absolute Gasteiger partial charge is 0.335 e. The van der Waals surface area contributed by atoms with Crippen LogP contribution in [0.5, 0.6) is 0 Å². The van der Waals surface area contributed by atoms with Gasteiger partial charge in [0.2, 0.25) is 0 Å². The summed E-state index contributed by atoms with van der Waals surface area (Å²) in [6.45, 7) is 3.77. The van der Waals surface area contributed by atoms with Gasteiger partial charge in [0.15, 0.2) is 0 Å². The standard InChI is InChI=1S/C25H19ClN2O3S/c1-15-11-16(2)13-19(12-15)28-24(30)22(23(29)27-25(28)31)14-17-3-7-20(8-4-17)32-21-9-5-18(26)6-10-21/h3-14H,1-2H3,(H,27,29,31)/b22-14+. The molecule has 0 aliphatic carbocycles. The number of imide groups is 2. The summed E-state index contributed by atoms with van der Waals surface area (Å²) in [6.07, 6.45) is 1.50. The highest BCUT2D eigenvalue weighted by Gasteiger charge is 2.36. The molecule has 1 aliphatic rings. The number of rotatable bonds is 4. The van der Waals surface area contributed by atoms with Crippen LogP contribution in [0.1, 0.15) is 16.7 Å². The second kappa shape index (κ2) is 9.02. The van der Waals surface area contributed by atoms with Crippen molar-refractivity contribution in [1.82, 2.24) is 5.32 Å². The van der Waals surface area contributed by atoms with E-state index in [1.807, 2.05) is 68.4 Å². The highest BCUT2D eigenvalue weighted by Crippen LogP contribution is 2.29. The van der Waals surface area contributed by atoms with E-state index < -0.39 is 17.8 Å². The maximum absolute atomic E-state index is 13.1. The van der Waals surface area contributed by atoms with Gasteiger partial charge in [0.05, 0.1) is 5.69 Å². The van der Waals surface area contributed by atoms with Gasteiger partial charge < -0.3 is 0 Å². The summed E-state index contributed by atoms with van der Waals surface area (Å²) < 4.78 is 0. The zero-order chi connectivity index (χ0) is 22.8. The van der Waals surface area contributed by atoms with E-state index in [0.29, 0.717) is 16.3 Å². The molecule has 0 atom stereocenters. The van der Waals surface area contributed by atoms with Crippen LogP contribution >= 0.6 is 23.4 Å². The van der Waals surface area contributed by atoms with Gasteiger partial charge in [0, 0.05) is 14.8 Å². The van der Waals surface area contributed by atoms with Crippen molar-refractivity contribution in [3.63, 3.8) is 0 Å². The van der Waals surface area contributed by atoms with Gasteiger partial charge in [-0.1, -0.05) is 41.6 Å². The van der Waals surface area contributed by atoms with Gasteiger partial charge in [-0.3, -0.25) is 14.9 Å². The first kappa shape index (κ1) is 21.9. The average molecular weight is 463 g/mol. The number of hydrogen-bond donors (Lipinski definition) is 1. The third-order valence-electron chi connectivity index (χ3n) is 4.81. The summed E-state index contributed by atoms with van der Waals surface area (Å²) in [5, 5.41) is 2.94. The van der Waals surface area contributed by atoms with Crippen LogP contribution in [0.2, 0.25) is 5.02 Å². The molecule has 3 aromatic rings. The summed E-state index contributed by atoms with van der Waals surface area (Å²) >= 11 is 7.50. The molecule has 1 heterocycles. The molecule has 0 spiro atoms. The third kappa shape index (κ3) is 4.77. The highest BCUT2D eigenvalue weighted by atomic mass is 35.5. The number of hydrogen-bond acceptors (Lipinski definition) is 4. The molecule has 0 radical (unpaired) electrons. The molecule has 4 amide bonds. The van der Waals surface area contributed by atoms with Crippen LogP contribution in [0.15, 0.2) is 82.1 Å². The van der Waals surface area contributed by atoms with Crippen molar-refractivity contribution in [2.45, 2.75) is 23.6 Å². The molecule has 1 aliphatic heterocycles. The highest BCUT2D eigenvalue weighted by molar-refractivity contribution is 7.99. The minimum atomic E-state index is -0.753. The van der Waals surface area contributed by atoms with Crippen LogP contribution in [-0.2, 0) is 9.59 Å². The maximum Gasteiger partial charge on any atom is 0.335 e. The van der Waals surface area contributed by atoms with Crippen molar-refractivity contribution in [1.29, 1.82) is 0 Å². The number of halogens is 1. The molecule has 1 fully saturated rings. The third-order valence-corrected chi connectivity index (χ3v) is 6.07. The van der Waals surface area contributed by atoms with Crippen molar-refractivity contribution >= 4 is 53.0 Å². The van der Waals surface area contributed by atoms with E-state index >= 15 is 0 Å². The number of nitrogens with one attached hydrogen (secondary N) is 1. The average Bonchev–Trinajstić information content (AvgIpc) is 2.73. The Bertz CT molecular complexity index is 1230. The SMILES string of the molecule is Cc1cc(C)cc(N2C(=O)NC(=O)/C(=C\c3ccc(Sc4ccc(Cl)cc4)cc3)C2=O)c1. The minimum absolute atomic E-state index is 0.0955. The van der Waals surface area contributed by atoms with E-state index in [1.165, 1.54) is 6.08 Å². The smallest absolute Gasteiger partial charge is 0.273 e. The molecule has 5 nitrogen and oxygen atoms in total. The first-order chi connectivity index (χ1) is 15.3. The van der Waals surface area contributed by atoms with Gasteiger partial charge in [0.1, 0.15) is 5.57 Å². The first-order valence-corrected chi connectivity index (χ1v) is 11.0. The Labute approximate surface area is 195 Å². The Kier molecular flexibility index (Phi) is 6.17. The monoisotopic (exact) mass is 462 g/mol. The lowest BCUT2D eigenvalue weighted by Gasteiger charge is -2.27. The zero-order valence-electron chi connectivity index (χ0n) is 17.4. The molecular weight excluding hydrogens is 444 g/mol. The maximum atomic E-state index is 13.1. The molecule has 1 N–H and O–H groups in total. The predicted octanol–water partition coefficient (Wildman–Crippen LogP) is 5.77. The number of benzene rings is 3. The number of barbiturate groups is 1. The summed E-state index contributed by atoms with van der Waals surface area (Å²) in [5.74, 6) is -1.36. The number of urea groups is 1.